The van der Waals surface area contributed by atoms with Crippen LogP contribution in [0.15, 0.2) is 87.5 Å². The summed E-state index contributed by atoms with van der Waals surface area (Å²) in [6.07, 6.45) is 5.28. The maximum Gasteiger partial charge on any atom is 0.154 e. The van der Waals surface area contributed by atoms with Gasteiger partial charge < -0.3 is 4.74 Å². The number of halogens is 1. The van der Waals surface area contributed by atoms with Crippen LogP contribution in [-0.4, -0.2) is 36.1 Å². The Morgan fingerprint density at radius 2 is 1.82 bits per heavy atom. The van der Waals surface area contributed by atoms with Crippen LogP contribution in [0, 0.1) is 0 Å². The number of rotatable bonds is 9. The van der Waals surface area contributed by atoms with Crippen LogP contribution >= 0.6 is 34.7 Å². The summed E-state index contributed by atoms with van der Waals surface area (Å²) in [6.45, 7) is 4.16. The van der Waals surface area contributed by atoms with E-state index in [1.54, 1.807) is 23.1 Å². The smallest absolute Gasteiger partial charge is 0.154 e. The summed E-state index contributed by atoms with van der Waals surface area (Å²) in [6, 6.07) is 23.4. The molecule has 3 nitrogen and oxygen atoms in total. The molecule has 0 aliphatic carbocycles. The monoisotopic (exact) mass is 506 g/mol. The molecule has 2 heterocycles. The van der Waals surface area contributed by atoms with Crippen LogP contribution in [-0.2, 0) is 6.42 Å². The number of thiazole rings is 1. The second-order valence-electron chi connectivity index (χ2n) is 8.42. The van der Waals surface area contributed by atoms with Crippen molar-refractivity contribution < 1.29 is 4.74 Å². The van der Waals surface area contributed by atoms with Gasteiger partial charge in [0.15, 0.2) is 4.34 Å². The van der Waals surface area contributed by atoms with Crippen molar-refractivity contribution in [3.8, 4) is 16.9 Å². The Labute approximate surface area is 214 Å². The lowest BCUT2D eigenvalue weighted by Crippen LogP contribution is -2.25. The van der Waals surface area contributed by atoms with E-state index in [0.717, 1.165) is 39.6 Å². The third-order valence-electron chi connectivity index (χ3n) is 6.06. The molecular weight excluding hydrogens is 480 g/mol. The zero-order valence-corrected chi connectivity index (χ0v) is 21.3. The van der Waals surface area contributed by atoms with Gasteiger partial charge in [0.25, 0.3) is 0 Å². The van der Waals surface area contributed by atoms with Gasteiger partial charge in [-0.2, -0.15) is 0 Å². The molecule has 6 heteroatoms. The van der Waals surface area contributed by atoms with Gasteiger partial charge in [0.2, 0.25) is 0 Å². The molecule has 1 fully saturated rings. The van der Waals surface area contributed by atoms with Gasteiger partial charge in [-0.15, -0.1) is 11.3 Å². The minimum atomic E-state index is 0.744. The molecule has 34 heavy (non-hydrogen) atoms. The van der Waals surface area contributed by atoms with Crippen LogP contribution in [0.25, 0.3) is 11.1 Å². The van der Waals surface area contributed by atoms with Crippen LogP contribution in [0.3, 0.4) is 0 Å². The fraction of sp³-hybridized carbons (Fsp3) is 0.250. The zero-order valence-electron chi connectivity index (χ0n) is 19.0. The quantitative estimate of drug-likeness (QED) is 0.232. The molecule has 0 amide bonds. The molecule has 0 saturated carbocycles. The number of aromatic nitrogens is 1. The summed E-state index contributed by atoms with van der Waals surface area (Å²) >= 11 is 9.85. The average Bonchev–Trinajstić information content (AvgIpc) is 3.56. The Kier molecular flexibility index (Phi) is 7.86. The minimum absolute atomic E-state index is 0.744. The number of nitrogens with zero attached hydrogens (tertiary/aromatic N) is 2. The fourth-order valence-electron chi connectivity index (χ4n) is 4.30. The van der Waals surface area contributed by atoms with Gasteiger partial charge in [-0.3, -0.25) is 4.90 Å². The first-order valence-electron chi connectivity index (χ1n) is 11.6. The summed E-state index contributed by atoms with van der Waals surface area (Å²) in [7, 11) is 0. The Balaban J connectivity index is 1.25. The largest absolute Gasteiger partial charge is 0.492 e. The molecule has 0 unspecified atom stereocenters. The van der Waals surface area contributed by atoms with Crippen molar-refractivity contribution >= 4 is 34.7 Å². The van der Waals surface area contributed by atoms with Crippen molar-refractivity contribution in [3.05, 3.63) is 94.5 Å². The number of likely N-dealkylation sites (tertiary alicyclic amines) is 1. The summed E-state index contributed by atoms with van der Waals surface area (Å²) in [5.41, 5.74) is 4.91. The Hall–Kier alpha value is -2.31. The fourth-order valence-corrected chi connectivity index (χ4v) is 6.20. The highest BCUT2D eigenvalue weighted by molar-refractivity contribution is 8.01. The Morgan fingerprint density at radius 3 is 2.59 bits per heavy atom. The molecule has 1 aliphatic heterocycles. The van der Waals surface area contributed by atoms with Gasteiger partial charge in [-0.05, 0) is 78.9 Å². The minimum Gasteiger partial charge on any atom is -0.492 e. The molecular formula is C28H27ClN2OS2. The molecule has 3 aromatic carbocycles. The summed E-state index contributed by atoms with van der Waals surface area (Å²) < 4.78 is 6.99. The van der Waals surface area contributed by atoms with Crippen LogP contribution in [0.2, 0.25) is 5.02 Å². The van der Waals surface area contributed by atoms with Gasteiger partial charge >= 0.3 is 0 Å². The molecule has 0 atom stereocenters. The van der Waals surface area contributed by atoms with Crippen molar-refractivity contribution in [2.45, 2.75) is 28.5 Å². The van der Waals surface area contributed by atoms with Crippen LogP contribution in [0.1, 0.15) is 24.0 Å². The first-order chi connectivity index (χ1) is 16.7. The number of ether oxygens (including phenoxy) is 1. The van der Waals surface area contributed by atoms with E-state index in [1.165, 1.54) is 48.2 Å². The first kappa shape index (κ1) is 23.4. The lowest BCUT2D eigenvalue weighted by Gasteiger charge is -2.15. The molecule has 4 aromatic rings. The third kappa shape index (κ3) is 6.02. The van der Waals surface area contributed by atoms with E-state index in [9.17, 15) is 0 Å². The van der Waals surface area contributed by atoms with E-state index in [4.69, 9.17) is 16.3 Å². The third-order valence-corrected chi connectivity index (χ3v) is 8.44. The number of benzene rings is 3. The standard InChI is InChI=1S/C28H27ClN2OS2/c29-26-20-21(7-12-27(26)34-28-30-13-18-33-28)19-23-5-1-2-6-25(23)22-8-10-24(11-9-22)32-17-16-31-14-3-4-15-31/h1-2,5-13,18,20H,3-4,14-17,19H2. The predicted octanol–water partition coefficient (Wildman–Crippen LogP) is 7.68. The topological polar surface area (TPSA) is 25.4 Å². The van der Waals surface area contributed by atoms with Crippen molar-refractivity contribution in [2.75, 3.05) is 26.2 Å². The number of hydrogen-bond acceptors (Lipinski definition) is 5. The second-order valence-corrected chi connectivity index (χ2v) is 11.0. The van der Waals surface area contributed by atoms with Gasteiger partial charge in [-0.25, -0.2) is 4.98 Å². The summed E-state index contributed by atoms with van der Waals surface area (Å²) in [4.78, 5) is 7.85. The maximum absolute atomic E-state index is 6.61. The van der Waals surface area contributed by atoms with Gasteiger partial charge in [0.05, 0.1) is 5.02 Å². The van der Waals surface area contributed by atoms with E-state index >= 15 is 0 Å². The van der Waals surface area contributed by atoms with Crippen LogP contribution < -0.4 is 4.74 Å². The van der Waals surface area contributed by atoms with Crippen molar-refractivity contribution in [1.29, 1.82) is 0 Å². The van der Waals surface area contributed by atoms with E-state index < -0.39 is 0 Å². The summed E-state index contributed by atoms with van der Waals surface area (Å²) in [5.74, 6) is 0.931. The van der Waals surface area contributed by atoms with Crippen molar-refractivity contribution in [1.82, 2.24) is 9.88 Å². The maximum atomic E-state index is 6.61. The zero-order chi connectivity index (χ0) is 23.2. The predicted molar refractivity (Wildman–Crippen MR) is 144 cm³/mol. The highest BCUT2D eigenvalue weighted by Gasteiger charge is 2.12. The molecule has 0 radical (unpaired) electrons. The van der Waals surface area contributed by atoms with Gasteiger partial charge in [0.1, 0.15) is 12.4 Å². The number of hydrogen-bond donors (Lipinski definition) is 0. The molecule has 0 N–H and O–H groups in total. The lowest BCUT2D eigenvalue weighted by molar-refractivity contribution is 0.238. The average molecular weight is 507 g/mol. The molecule has 0 bridgehead atoms. The lowest BCUT2D eigenvalue weighted by atomic mass is 9.95. The molecule has 0 spiro atoms. The first-order valence-corrected chi connectivity index (χ1v) is 13.7. The molecule has 5 rings (SSSR count). The van der Waals surface area contributed by atoms with E-state index in [-0.39, 0.29) is 0 Å². The van der Waals surface area contributed by atoms with E-state index in [1.807, 2.05) is 11.6 Å². The van der Waals surface area contributed by atoms with Crippen molar-refractivity contribution in [3.63, 3.8) is 0 Å². The van der Waals surface area contributed by atoms with Crippen LogP contribution in [0.5, 0.6) is 5.75 Å². The summed E-state index contributed by atoms with van der Waals surface area (Å²) in [5, 5.41) is 2.75. The van der Waals surface area contributed by atoms with E-state index in [2.05, 4.69) is 76.6 Å². The Morgan fingerprint density at radius 1 is 1.00 bits per heavy atom. The van der Waals surface area contributed by atoms with Gasteiger partial charge in [0, 0.05) is 23.0 Å². The highest BCUT2D eigenvalue weighted by atomic mass is 35.5. The SMILES string of the molecule is Clc1cc(Cc2ccccc2-c2ccc(OCCN3CCCC3)cc2)ccc1Sc1nccs1. The molecule has 1 aromatic heterocycles. The molecule has 1 aliphatic rings. The Bertz CT molecular complexity index is 1210. The highest BCUT2D eigenvalue weighted by Crippen LogP contribution is 2.35. The second kappa shape index (κ2) is 11.4. The molecule has 1 saturated heterocycles. The van der Waals surface area contributed by atoms with E-state index in [0.29, 0.717) is 0 Å². The van der Waals surface area contributed by atoms with Crippen LogP contribution in [0.4, 0.5) is 0 Å². The normalized spacial score (nSPS) is 13.9. The van der Waals surface area contributed by atoms with Crippen molar-refractivity contribution in [2.24, 2.45) is 0 Å². The van der Waals surface area contributed by atoms with Gasteiger partial charge in [-0.1, -0.05) is 65.8 Å². The molecule has 174 valence electrons.